The first-order chi connectivity index (χ1) is 9.56. The first kappa shape index (κ1) is 15.1. The van der Waals surface area contributed by atoms with Crippen LogP contribution in [0.4, 0.5) is 0 Å². The Hall–Kier alpha value is -1.30. The van der Waals surface area contributed by atoms with Crippen LogP contribution in [0.1, 0.15) is 30.5 Å². The minimum Gasteiger partial charge on any atom is -0.467 e. The molecule has 0 saturated heterocycles. The summed E-state index contributed by atoms with van der Waals surface area (Å²) in [6, 6.07) is 7.25. The van der Waals surface area contributed by atoms with Gasteiger partial charge in [-0.25, -0.2) is 0 Å². The zero-order valence-electron chi connectivity index (χ0n) is 11.4. The normalized spacial score (nSPS) is 13.9. The monoisotopic (exact) mass is 312 g/mol. The van der Waals surface area contributed by atoms with Gasteiger partial charge in [-0.1, -0.05) is 11.6 Å². The summed E-state index contributed by atoms with van der Waals surface area (Å²) in [4.78, 5) is 13.1. The minimum absolute atomic E-state index is 0.0593. The Bertz CT molecular complexity index is 553. The number of halogens is 1. The van der Waals surface area contributed by atoms with Gasteiger partial charge in [0.25, 0.3) is 0 Å². The number of carbonyl (C=O) groups excluding carboxylic acids is 1. The number of thiophene rings is 1. The van der Waals surface area contributed by atoms with Crippen molar-refractivity contribution in [2.75, 3.05) is 0 Å². The van der Waals surface area contributed by atoms with Crippen molar-refractivity contribution >= 4 is 28.8 Å². The van der Waals surface area contributed by atoms with Crippen molar-refractivity contribution < 1.29 is 9.21 Å². The molecule has 2 unspecified atom stereocenters. The van der Waals surface area contributed by atoms with E-state index < -0.39 is 0 Å². The molecule has 2 atom stereocenters. The van der Waals surface area contributed by atoms with Crippen LogP contribution in [0.3, 0.4) is 0 Å². The summed E-state index contributed by atoms with van der Waals surface area (Å²) in [5.74, 6) is 0.680. The number of furan rings is 1. The lowest BCUT2D eigenvalue weighted by molar-refractivity contribution is -0.123. The fraction of sp³-hybridized carbons (Fsp3) is 0.357. The fourth-order valence-electron chi connectivity index (χ4n) is 1.83. The summed E-state index contributed by atoms with van der Waals surface area (Å²) < 4.78 is 5.92. The van der Waals surface area contributed by atoms with Gasteiger partial charge in [-0.05, 0) is 38.1 Å². The maximum Gasteiger partial charge on any atom is 0.237 e. The highest BCUT2D eigenvalue weighted by atomic mass is 35.5. The molecule has 2 N–H and O–H groups in total. The third-order valence-corrected chi connectivity index (χ3v) is 4.34. The molecule has 4 nitrogen and oxygen atoms in total. The Labute approximate surface area is 127 Å². The summed E-state index contributed by atoms with van der Waals surface area (Å²) in [5.41, 5.74) is 0. The largest absolute Gasteiger partial charge is 0.467 e. The molecule has 0 spiro atoms. The van der Waals surface area contributed by atoms with Crippen molar-refractivity contribution in [1.29, 1.82) is 0 Å². The summed E-state index contributed by atoms with van der Waals surface area (Å²) >= 11 is 7.43. The van der Waals surface area contributed by atoms with E-state index in [4.69, 9.17) is 16.0 Å². The van der Waals surface area contributed by atoms with Crippen molar-refractivity contribution in [1.82, 2.24) is 10.6 Å². The molecule has 0 fully saturated rings. The van der Waals surface area contributed by atoms with Crippen LogP contribution >= 0.6 is 22.9 Å². The fourth-order valence-corrected chi connectivity index (χ4v) is 2.91. The van der Waals surface area contributed by atoms with E-state index in [1.54, 1.807) is 12.3 Å². The van der Waals surface area contributed by atoms with E-state index in [1.165, 1.54) is 11.3 Å². The average Bonchev–Trinajstić information content (AvgIpc) is 3.06. The van der Waals surface area contributed by atoms with E-state index in [9.17, 15) is 4.79 Å². The maximum atomic E-state index is 12.0. The smallest absolute Gasteiger partial charge is 0.237 e. The minimum atomic E-state index is -0.291. The van der Waals surface area contributed by atoms with Crippen molar-refractivity contribution in [2.45, 2.75) is 32.5 Å². The zero-order chi connectivity index (χ0) is 14.5. The van der Waals surface area contributed by atoms with Crippen LogP contribution in [-0.2, 0) is 11.3 Å². The lowest BCUT2D eigenvalue weighted by atomic mass is 10.2. The van der Waals surface area contributed by atoms with Crippen LogP contribution < -0.4 is 10.6 Å². The number of amides is 1. The van der Waals surface area contributed by atoms with Crippen LogP contribution in [0.15, 0.2) is 34.9 Å². The van der Waals surface area contributed by atoms with Gasteiger partial charge in [0, 0.05) is 10.9 Å². The predicted octanol–water partition coefficient (Wildman–Crippen LogP) is 3.35. The van der Waals surface area contributed by atoms with Gasteiger partial charge in [0.1, 0.15) is 5.76 Å². The van der Waals surface area contributed by atoms with E-state index in [0.29, 0.717) is 6.54 Å². The molecular formula is C14H17ClN2O2S. The molecule has 0 bridgehead atoms. The van der Waals surface area contributed by atoms with Gasteiger partial charge in [0.05, 0.1) is 23.2 Å². The highest BCUT2D eigenvalue weighted by Crippen LogP contribution is 2.26. The SMILES string of the molecule is CC(NC(C)c1ccc(Cl)s1)C(=O)NCc1ccco1. The number of rotatable bonds is 6. The highest BCUT2D eigenvalue weighted by Gasteiger charge is 2.17. The lowest BCUT2D eigenvalue weighted by Gasteiger charge is -2.18. The molecule has 0 aromatic carbocycles. The van der Waals surface area contributed by atoms with Crippen LogP contribution in [0.2, 0.25) is 4.34 Å². The third-order valence-electron chi connectivity index (χ3n) is 2.93. The first-order valence-electron chi connectivity index (χ1n) is 6.37. The van der Waals surface area contributed by atoms with E-state index >= 15 is 0 Å². The van der Waals surface area contributed by atoms with Crippen LogP contribution in [0.25, 0.3) is 0 Å². The average molecular weight is 313 g/mol. The Morgan fingerprint density at radius 2 is 2.20 bits per heavy atom. The quantitative estimate of drug-likeness (QED) is 0.860. The van der Waals surface area contributed by atoms with Crippen LogP contribution in [0, 0.1) is 0 Å². The van der Waals surface area contributed by atoms with Crippen molar-refractivity contribution in [3.63, 3.8) is 0 Å². The number of hydrogen-bond donors (Lipinski definition) is 2. The molecule has 0 aliphatic carbocycles. The Morgan fingerprint density at radius 3 is 2.80 bits per heavy atom. The number of hydrogen-bond acceptors (Lipinski definition) is 4. The van der Waals surface area contributed by atoms with E-state index in [0.717, 1.165) is 15.0 Å². The van der Waals surface area contributed by atoms with Gasteiger partial charge < -0.3 is 9.73 Å². The molecule has 108 valence electrons. The number of carbonyl (C=O) groups is 1. The molecule has 6 heteroatoms. The van der Waals surface area contributed by atoms with E-state index in [-0.39, 0.29) is 18.0 Å². The second-order valence-electron chi connectivity index (χ2n) is 4.55. The van der Waals surface area contributed by atoms with Gasteiger partial charge in [-0.2, -0.15) is 0 Å². The standard InChI is InChI=1S/C14H17ClN2O2S/c1-9(12-5-6-13(15)20-12)17-10(2)14(18)16-8-11-4-3-7-19-11/h3-7,9-10,17H,8H2,1-2H3,(H,16,18). The number of nitrogens with one attached hydrogen (secondary N) is 2. The zero-order valence-corrected chi connectivity index (χ0v) is 12.9. The second kappa shape index (κ2) is 6.92. The van der Waals surface area contributed by atoms with Crippen LogP contribution in [0.5, 0.6) is 0 Å². The van der Waals surface area contributed by atoms with E-state index in [1.807, 2.05) is 32.0 Å². The van der Waals surface area contributed by atoms with Crippen molar-refractivity contribution in [2.24, 2.45) is 0 Å². The molecule has 0 aliphatic heterocycles. The van der Waals surface area contributed by atoms with Gasteiger partial charge in [0.15, 0.2) is 0 Å². The molecule has 2 aromatic heterocycles. The molecule has 0 saturated carbocycles. The molecule has 2 heterocycles. The summed E-state index contributed by atoms with van der Waals surface area (Å²) in [5, 5.41) is 6.08. The molecular weight excluding hydrogens is 296 g/mol. The third kappa shape index (κ3) is 4.10. The molecule has 1 amide bonds. The van der Waals surface area contributed by atoms with Gasteiger partial charge in [-0.15, -0.1) is 11.3 Å². The molecule has 2 aromatic rings. The summed E-state index contributed by atoms with van der Waals surface area (Å²) in [7, 11) is 0. The van der Waals surface area contributed by atoms with E-state index in [2.05, 4.69) is 10.6 Å². The van der Waals surface area contributed by atoms with Gasteiger partial charge >= 0.3 is 0 Å². The maximum absolute atomic E-state index is 12.0. The summed E-state index contributed by atoms with van der Waals surface area (Å²) in [6.07, 6.45) is 1.59. The molecule has 2 rings (SSSR count). The molecule has 20 heavy (non-hydrogen) atoms. The van der Waals surface area contributed by atoms with Crippen LogP contribution in [-0.4, -0.2) is 11.9 Å². The van der Waals surface area contributed by atoms with Gasteiger partial charge in [0.2, 0.25) is 5.91 Å². The second-order valence-corrected chi connectivity index (χ2v) is 6.30. The Balaban J connectivity index is 1.81. The Kier molecular flexibility index (Phi) is 5.23. The Morgan fingerprint density at radius 1 is 1.40 bits per heavy atom. The lowest BCUT2D eigenvalue weighted by Crippen LogP contribution is -2.42. The molecule has 0 radical (unpaired) electrons. The first-order valence-corrected chi connectivity index (χ1v) is 7.57. The predicted molar refractivity (Wildman–Crippen MR) is 80.9 cm³/mol. The highest BCUT2D eigenvalue weighted by molar-refractivity contribution is 7.16. The van der Waals surface area contributed by atoms with Gasteiger partial charge in [-0.3, -0.25) is 10.1 Å². The van der Waals surface area contributed by atoms with Crippen molar-refractivity contribution in [3.05, 3.63) is 45.5 Å². The molecule has 0 aliphatic rings. The summed E-state index contributed by atoms with van der Waals surface area (Å²) in [6.45, 7) is 4.25. The van der Waals surface area contributed by atoms with Crippen molar-refractivity contribution in [3.8, 4) is 0 Å². The topological polar surface area (TPSA) is 54.3 Å².